The number of barbiturate groups is 1. The Bertz CT molecular complexity index is 1060. The van der Waals surface area contributed by atoms with E-state index in [1.165, 1.54) is 23.1 Å². The molecule has 1 aliphatic heterocycles. The van der Waals surface area contributed by atoms with Crippen molar-refractivity contribution in [3.63, 3.8) is 0 Å². The van der Waals surface area contributed by atoms with E-state index in [4.69, 9.17) is 0 Å². The van der Waals surface area contributed by atoms with Crippen molar-refractivity contribution < 1.29 is 18.8 Å². The first-order valence-electron chi connectivity index (χ1n) is 10.2. The van der Waals surface area contributed by atoms with Gasteiger partial charge in [0.1, 0.15) is 11.4 Å². The van der Waals surface area contributed by atoms with Gasteiger partial charge in [0.2, 0.25) is 0 Å². The highest BCUT2D eigenvalue weighted by Crippen LogP contribution is 2.28. The fourth-order valence-corrected chi connectivity index (χ4v) is 4.44. The number of benzene rings is 1. The molecular formula is C23H24FN3O3. The predicted molar refractivity (Wildman–Crippen MR) is 110 cm³/mol. The third-order valence-electron chi connectivity index (χ3n) is 5.91. The Hall–Kier alpha value is -3.22. The van der Waals surface area contributed by atoms with Crippen LogP contribution in [0.5, 0.6) is 0 Å². The van der Waals surface area contributed by atoms with Crippen LogP contribution in [0.15, 0.2) is 35.9 Å². The van der Waals surface area contributed by atoms with Gasteiger partial charge in [-0.1, -0.05) is 25.3 Å². The number of aromatic nitrogens is 1. The number of carbonyl (C=O) groups excluding carboxylic acids is 3. The molecule has 2 aliphatic rings. The number of rotatable bonds is 3. The minimum Gasteiger partial charge on any atom is -0.318 e. The first-order valence-corrected chi connectivity index (χ1v) is 10.2. The molecule has 2 fully saturated rings. The standard InChI is InChI=1S/C23H24FN3O3/c1-14-11-16(15(2)26(14)19-10-6-7-17(24)13-19)12-20-21(28)25-23(30)27(22(20)29)18-8-4-3-5-9-18/h6-7,10-13,18H,3-5,8-9H2,1-2H3,(H,25,28,30)/b20-12+. The van der Waals surface area contributed by atoms with Crippen LogP contribution in [0.3, 0.4) is 0 Å². The number of imide groups is 2. The smallest absolute Gasteiger partial charge is 0.318 e. The minimum absolute atomic E-state index is 0.0559. The topological polar surface area (TPSA) is 71.4 Å². The Labute approximate surface area is 174 Å². The maximum absolute atomic E-state index is 13.7. The number of halogens is 1. The van der Waals surface area contributed by atoms with Gasteiger partial charge in [0.15, 0.2) is 0 Å². The summed E-state index contributed by atoms with van der Waals surface area (Å²) in [5.41, 5.74) is 2.89. The summed E-state index contributed by atoms with van der Waals surface area (Å²) >= 11 is 0. The van der Waals surface area contributed by atoms with Crippen LogP contribution in [-0.4, -0.2) is 33.4 Å². The van der Waals surface area contributed by atoms with Crippen LogP contribution in [0.25, 0.3) is 11.8 Å². The van der Waals surface area contributed by atoms with Crippen molar-refractivity contribution in [1.29, 1.82) is 0 Å². The van der Waals surface area contributed by atoms with Crippen LogP contribution in [0, 0.1) is 19.7 Å². The van der Waals surface area contributed by atoms with Gasteiger partial charge in [0.25, 0.3) is 11.8 Å². The number of carbonyl (C=O) groups is 3. The van der Waals surface area contributed by atoms with E-state index in [0.29, 0.717) is 11.3 Å². The molecule has 0 radical (unpaired) electrons. The van der Waals surface area contributed by atoms with Gasteiger partial charge in [-0.25, -0.2) is 9.18 Å². The number of nitrogens with one attached hydrogen (secondary N) is 1. The summed E-state index contributed by atoms with van der Waals surface area (Å²) < 4.78 is 15.6. The Kier molecular flexibility index (Phi) is 5.28. The minimum atomic E-state index is -0.687. The van der Waals surface area contributed by atoms with Crippen LogP contribution in [-0.2, 0) is 9.59 Å². The molecule has 1 aromatic heterocycles. The van der Waals surface area contributed by atoms with Gasteiger partial charge in [-0.2, -0.15) is 0 Å². The molecule has 2 aromatic rings. The van der Waals surface area contributed by atoms with E-state index in [9.17, 15) is 18.8 Å². The number of hydrogen-bond donors (Lipinski definition) is 1. The molecule has 1 saturated heterocycles. The average molecular weight is 409 g/mol. The largest absolute Gasteiger partial charge is 0.331 e. The van der Waals surface area contributed by atoms with Gasteiger partial charge in [0.05, 0.1) is 0 Å². The fraction of sp³-hybridized carbons (Fsp3) is 0.348. The van der Waals surface area contributed by atoms with Crippen molar-refractivity contribution in [2.45, 2.75) is 52.0 Å². The lowest BCUT2D eigenvalue weighted by Crippen LogP contribution is -2.58. The molecule has 0 spiro atoms. The molecule has 7 heteroatoms. The molecule has 4 rings (SSSR count). The van der Waals surface area contributed by atoms with Crippen LogP contribution in [0.4, 0.5) is 9.18 Å². The van der Waals surface area contributed by atoms with E-state index < -0.39 is 17.8 Å². The maximum Gasteiger partial charge on any atom is 0.331 e. The van der Waals surface area contributed by atoms with E-state index in [0.717, 1.165) is 43.5 Å². The lowest BCUT2D eigenvalue weighted by atomic mass is 9.93. The molecule has 2 heterocycles. The van der Waals surface area contributed by atoms with Crippen LogP contribution >= 0.6 is 0 Å². The van der Waals surface area contributed by atoms with Gasteiger partial charge >= 0.3 is 6.03 Å². The number of hydrogen-bond acceptors (Lipinski definition) is 3. The molecule has 30 heavy (non-hydrogen) atoms. The second-order valence-corrected chi connectivity index (χ2v) is 7.93. The summed E-state index contributed by atoms with van der Waals surface area (Å²) in [5.74, 6) is -1.58. The highest BCUT2D eigenvalue weighted by Gasteiger charge is 2.40. The Morgan fingerprint density at radius 1 is 1.07 bits per heavy atom. The molecule has 0 bridgehead atoms. The van der Waals surface area contributed by atoms with E-state index >= 15 is 0 Å². The number of aryl methyl sites for hydroxylation is 1. The summed E-state index contributed by atoms with van der Waals surface area (Å²) in [7, 11) is 0. The van der Waals surface area contributed by atoms with Crippen LogP contribution < -0.4 is 5.32 Å². The number of amides is 4. The average Bonchev–Trinajstić information content (AvgIpc) is 2.99. The van der Waals surface area contributed by atoms with Crippen molar-refractivity contribution in [3.8, 4) is 5.69 Å². The second-order valence-electron chi connectivity index (χ2n) is 7.93. The van der Waals surface area contributed by atoms with Gasteiger partial charge in [-0.15, -0.1) is 0 Å². The van der Waals surface area contributed by atoms with Crippen molar-refractivity contribution in [3.05, 3.63) is 58.7 Å². The quantitative estimate of drug-likeness (QED) is 0.615. The highest BCUT2D eigenvalue weighted by molar-refractivity contribution is 6.31. The summed E-state index contributed by atoms with van der Waals surface area (Å²) in [6, 6.07) is 7.26. The third kappa shape index (κ3) is 3.56. The maximum atomic E-state index is 13.7. The molecule has 156 valence electrons. The molecule has 0 atom stereocenters. The second kappa shape index (κ2) is 7.89. The normalized spacial score (nSPS) is 19.5. The van der Waals surface area contributed by atoms with Crippen molar-refractivity contribution in [2.75, 3.05) is 0 Å². The van der Waals surface area contributed by atoms with E-state index in [1.54, 1.807) is 12.1 Å². The zero-order valence-corrected chi connectivity index (χ0v) is 17.1. The zero-order chi connectivity index (χ0) is 21.4. The fourth-order valence-electron chi connectivity index (χ4n) is 4.44. The van der Waals surface area contributed by atoms with Gasteiger partial charge < -0.3 is 4.57 Å². The van der Waals surface area contributed by atoms with E-state index in [-0.39, 0.29) is 17.4 Å². The zero-order valence-electron chi connectivity index (χ0n) is 17.1. The van der Waals surface area contributed by atoms with Gasteiger partial charge in [0, 0.05) is 23.1 Å². The molecular weight excluding hydrogens is 385 g/mol. The molecule has 1 aliphatic carbocycles. The molecule has 1 saturated carbocycles. The number of nitrogens with zero attached hydrogens (tertiary/aromatic N) is 2. The third-order valence-corrected chi connectivity index (χ3v) is 5.91. The first kappa shape index (κ1) is 20.1. The van der Waals surface area contributed by atoms with E-state index in [1.807, 2.05) is 24.5 Å². The number of urea groups is 1. The SMILES string of the molecule is Cc1cc(/C=C2\C(=O)NC(=O)N(C3CCCCC3)C2=O)c(C)n1-c1cccc(F)c1. The Balaban J connectivity index is 1.71. The molecule has 1 N–H and O–H groups in total. The van der Waals surface area contributed by atoms with Crippen LogP contribution in [0.2, 0.25) is 0 Å². The van der Waals surface area contributed by atoms with Crippen molar-refractivity contribution >= 4 is 23.9 Å². The van der Waals surface area contributed by atoms with E-state index in [2.05, 4.69) is 5.32 Å². The van der Waals surface area contributed by atoms with Crippen molar-refractivity contribution in [1.82, 2.24) is 14.8 Å². The first-order chi connectivity index (χ1) is 14.4. The lowest BCUT2D eigenvalue weighted by Gasteiger charge is -2.35. The highest BCUT2D eigenvalue weighted by atomic mass is 19.1. The summed E-state index contributed by atoms with van der Waals surface area (Å²) in [4.78, 5) is 39.1. The van der Waals surface area contributed by atoms with Gasteiger partial charge in [-0.3, -0.25) is 19.8 Å². The lowest BCUT2D eigenvalue weighted by molar-refractivity contribution is -0.132. The van der Waals surface area contributed by atoms with Crippen molar-refractivity contribution in [2.24, 2.45) is 0 Å². The summed E-state index contributed by atoms with van der Waals surface area (Å²) in [6.07, 6.45) is 6.06. The molecule has 6 nitrogen and oxygen atoms in total. The monoisotopic (exact) mass is 409 g/mol. The summed E-state index contributed by atoms with van der Waals surface area (Å²) in [6.45, 7) is 3.72. The molecule has 4 amide bonds. The van der Waals surface area contributed by atoms with Crippen LogP contribution in [0.1, 0.15) is 49.1 Å². The molecule has 0 unspecified atom stereocenters. The Morgan fingerprint density at radius 3 is 2.50 bits per heavy atom. The summed E-state index contributed by atoms with van der Waals surface area (Å²) in [5, 5.41) is 2.31. The molecule has 1 aromatic carbocycles. The van der Waals surface area contributed by atoms with Gasteiger partial charge in [-0.05, 0) is 62.6 Å². The predicted octanol–water partition coefficient (Wildman–Crippen LogP) is 4.03. The Morgan fingerprint density at radius 2 is 1.80 bits per heavy atom.